The van der Waals surface area contributed by atoms with Crippen molar-refractivity contribution in [2.75, 3.05) is 21.3 Å². The van der Waals surface area contributed by atoms with Gasteiger partial charge in [0.15, 0.2) is 11.5 Å². The summed E-state index contributed by atoms with van der Waals surface area (Å²) in [6.07, 6.45) is 0.860. The number of hydrogen-bond acceptors (Lipinski definition) is 4. The fourth-order valence-electron chi connectivity index (χ4n) is 1.55. The molecule has 5 heteroatoms. The maximum atomic E-state index is 5.98. The van der Waals surface area contributed by atoms with Gasteiger partial charge in [0.05, 0.1) is 21.3 Å². The van der Waals surface area contributed by atoms with E-state index in [1.54, 1.807) is 21.3 Å². The summed E-state index contributed by atoms with van der Waals surface area (Å²) in [7, 11) is 4.77. The van der Waals surface area contributed by atoms with E-state index in [1.165, 1.54) is 0 Å². The van der Waals surface area contributed by atoms with E-state index < -0.39 is 0 Å². The maximum absolute atomic E-state index is 5.98. The standard InChI is InChI=1S/C12H19NO3.ClH/c1-5-9(13)8-6-10(14-2)12(16-4)11(7-8)15-3;/h6-7,9H,5,13H2,1-4H3;1H/t9-;/m0./s1. The quantitative estimate of drug-likeness (QED) is 0.885. The van der Waals surface area contributed by atoms with Gasteiger partial charge in [-0.1, -0.05) is 6.92 Å². The van der Waals surface area contributed by atoms with Crippen molar-refractivity contribution in [3.8, 4) is 17.2 Å². The Morgan fingerprint density at radius 1 is 1.06 bits per heavy atom. The van der Waals surface area contributed by atoms with Crippen molar-refractivity contribution in [2.24, 2.45) is 5.73 Å². The van der Waals surface area contributed by atoms with Crippen LogP contribution in [0.3, 0.4) is 0 Å². The molecule has 0 aliphatic carbocycles. The van der Waals surface area contributed by atoms with Crippen LogP contribution in [0.4, 0.5) is 0 Å². The minimum atomic E-state index is -0.0197. The first-order chi connectivity index (χ1) is 7.67. The molecule has 0 aliphatic heterocycles. The van der Waals surface area contributed by atoms with Gasteiger partial charge in [-0.2, -0.15) is 0 Å². The highest BCUT2D eigenvalue weighted by atomic mass is 35.5. The second kappa shape index (κ2) is 7.25. The van der Waals surface area contributed by atoms with Crippen molar-refractivity contribution in [1.82, 2.24) is 0 Å². The third-order valence-corrected chi connectivity index (χ3v) is 2.56. The van der Waals surface area contributed by atoms with Crippen molar-refractivity contribution in [1.29, 1.82) is 0 Å². The van der Waals surface area contributed by atoms with Crippen molar-refractivity contribution in [3.63, 3.8) is 0 Å². The zero-order chi connectivity index (χ0) is 12.1. The summed E-state index contributed by atoms with van der Waals surface area (Å²) in [6, 6.07) is 3.75. The van der Waals surface area contributed by atoms with E-state index in [0.717, 1.165) is 12.0 Å². The molecule has 1 aromatic rings. The molecule has 0 radical (unpaired) electrons. The maximum Gasteiger partial charge on any atom is 0.203 e. The van der Waals surface area contributed by atoms with Crippen LogP contribution in [-0.2, 0) is 0 Å². The second-order valence-electron chi connectivity index (χ2n) is 3.47. The van der Waals surface area contributed by atoms with Gasteiger partial charge in [0.2, 0.25) is 5.75 Å². The third kappa shape index (κ3) is 3.41. The molecule has 4 nitrogen and oxygen atoms in total. The van der Waals surface area contributed by atoms with E-state index >= 15 is 0 Å². The Morgan fingerprint density at radius 3 is 1.82 bits per heavy atom. The van der Waals surface area contributed by atoms with Gasteiger partial charge >= 0.3 is 0 Å². The molecule has 0 unspecified atom stereocenters. The molecule has 98 valence electrons. The molecule has 0 bridgehead atoms. The summed E-state index contributed by atoms with van der Waals surface area (Å²) in [5.74, 6) is 1.87. The van der Waals surface area contributed by atoms with Crippen LogP contribution in [0.25, 0.3) is 0 Å². The Hall–Kier alpha value is -1.13. The number of halogens is 1. The second-order valence-corrected chi connectivity index (χ2v) is 3.47. The molecule has 0 aromatic heterocycles. The van der Waals surface area contributed by atoms with Crippen LogP contribution in [0.5, 0.6) is 17.2 Å². The lowest BCUT2D eigenvalue weighted by Gasteiger charge is -2.16. The van der Waals surface area contributed by atoms with Gasteiger partial charge in [-0.3, -0.25) is 0 Å². The van der Waals surface area contributed by atoms with Gasteiger partial charge in [0.25, 0.3) is 0 Å². The van der Waals surface area contributed by atoms with Gasteiger partial charge in [0, 0.05) is 6.04 Å². The van der Waals surface area contributed by atoms with E-state index in [9.17, 15) is 0 Å². The summed E-state index contributed by atoms with van der Waals surface area (Å²) >= 11 is 0. The Bertz CT molecular complexity index is 333. The number of nitrogens with two attached hydrogens (primary N) is 1. The fourth-order valence-corrected chi connectivity index (χ4v) is 1.55. The zero-order valence-electron chi connectivity index (χ0n) is 10.6. The molecule has 0 saturated heterocycles. The summed E-state index contributed by atoms with van der Waals surface area (Å²) in [6.45, 7) is 2.04. The highest BCUT2D eigenvalue weighted by Gasteiger charge is 2.15. The Balaban J connectivity index is 0.00000256. The first-order valence-corrected chi connectivity index (χ1v) is 5.23. The molecule has 1 aromatic carbocycles. The molecular weight excluding hydrogens is 242 g/mol. The summed E-state index contributed by atoms with van der Waals surface area (Å²) in [5, 5.41) is 0. The van der Waals surface area contributed by atoms with Crippen LogP contribution in [0.2, 0.25) is 0 Å². The highest BCUT2D eigenvalue weighted by molar-refractivity contribution is 5.85. The third-order valence-electron chi connectivity index (χ3n) is 2.56. The van der Waals surface area contributed by atoms with Crippen LogP contribution in [0, 0.1) is 0 Å². The molecule has 0 amide bonds. The number of methoxy groups -OCH3 is 3. The number of hydrogen-bond donors (Lipinski definition) is 1. The van der Waals surface area contributed by atoms with Gasteiger partial charge in [0.1, 0.15) is 0 Å². The number of rotatable bonds is 5. The van der Waals surface area contributed by atoms with Crippen molar-refractivity contribution >= 4 is 12.4 Å². The summed E-state index contributed by atoms with van der Waals surface area (Å²) < 4.78 is 15.7. The average Bonchev–Trinajstić information content (AvgIpc) is 2.35. The molecular formula is C12H20ClNO3. The molecule has 0 spiro atoms. The Kier molecular flexibility index (Phi) is 6.76. The van der Waals surface area contributed by atoms with E-state index in [4.69, 9.17) is 19.9 Å². The van der Waals surface area contributed by atoms with E-state index in [2.05, 4.69) is 0 Å². The molecule has 0 aliphatic rings. The number of benzene rings is 1. The molecule has 1 atom stereocenters. The van der Waals surface area contributed by atoms with Gasteiger partial charge in [-0.05, 0) is 24.1 Å². The van der Waals surface area contributed by atoms with E-state index in [-0.39, 0.29) is 18.4 Å². The van der Waals surface area contributed by atoms with Gasteiger partial charge < -0.3 is 19.9 Å². The normalized spacial score (nSPS) is 11.4. The highest BCUT2D eigenvalue weighted by Crippen LogP contribution is 2.39. The van der Waals surface area contributed by atoms with Crippen LogP contribution >= 0.6 is 12.4 Å². The lowest BCUT2D eigenvalue weighted by atomic mass is 10.0. The monoisotopic (exact) mass is 261 g/mol. The van der Waals surface area contributed by atoms with Crippen molar-refractivity contribution in [2.45, 2.75) is 19.4 Å². The zero-order valence-corrected chi connectivity index (χ0v) is 11.5. The fraction of sp³-hybridized carbons (Fsp3) is 0.500. The lowest BCUT2D eigenvalue weighted by Crippen LogP contribution is -2.09. The predicted molar refractivity (Wildman–Crippen MR) is 70.6 cm³/mol. The first kappa shape index (κ1) is 15.9. The topological polar surface area (TPSA) is 53.7 Å². The lowest BCUT2D eigenvalue weighted by molar-refractivity contribution is 0.323. The Labute approximate surface area is 108 Å². The smallest absolute Gasteiger partial charge is 0.203 e. The van der Waals surface area contributed by atoms with Crippen LogP contribution < -0.4 is 19.9 Å². The Morgan fingerprint density at radius 2 is 1.53 bits per heavy atom. The minimum Gasteiger partial charge on any atom is -0.493 e. The van der Waals surface area contributed by atoms with E-state index in [1.807, 2.05) is 19.1 Å². The predicted octanol–water partition coefficient (Wildman–Crippen LogP) is 2.54. The van der Waals surface area contributed by atoms with Crippen molar-refractivity contribution < 1.29 is 14.2 Å². The molecule has 0 heterocycles. The van der Waals surface area contributed by atoms with E-state index in [0.29, 0.717) is 17.2 Å². The first-order valence-electron chi connectivity index (χ1n) is 5.23. The average molecular weight is 262 g/mol. The van der Waals surface area contributed by atoms with Crippen LogP contribution in [-0.4, -0.2) is 21.3 Å². The molecule has 17 heavy (non-hydrogen) atoms. The molecule has 2 N–H and O–H groups in total. The van der Waals surface area contributed by atoms with Crippen LogP contribution in [0.15, 0.2) is 12.1 Å². The summed E-state index contributed by atoms with van der Waals surface area (Å²) in [4.78, 5) is 0. The summed E-state index contributed by atoms with van der Waals surface area (Å²) in [5.41, 5.74) is 6.96. The largest absolute Gasteiger partial charge is 0.493 e. The van der Waals surface area contributed by atoms with Gasteiger partial charge in [-0.15, -0.1) is 12.4 Å². The molecule has 0 fully saturated rings. The van der Waals surface area contributed by atoms with Crippen molar-refractivity contribution in [3.05, 3.63) is 17.7 Å². The minimum absolute atomic E-state index is 0. The van der Waals surface area contributed by atoms with Gasteiger partial charge in [-0.25, -0.2) is 0 Å². The SMILES string of the molecule is CC[C@H](N)c1cc(OC)c(OC)c(OC)c1.Cl. The molecule has 0 saturated carbocycles. The molecule has 1 rings (SSSR count). The van der Waals surface area contributed by atoms with Crippen LogP contribution in [0.1, 0.15) is 24.9 Å². The number of ether oxygens (including phenoxy) is 3.